The molecule has 94 valence electrons. The number of benzene rings is 1. The molecule has 1 heterocycles. The molecule has 1 saturated heterocycles. The van der Waals surface area contributed by atoms with E-state index in [1.54, 1.807) is 30.3 Å². The van der Waals surface area contributed by atoms with E-state index in [9.17, 15) is 14.4 Å². The van der Waals surface area contributed by atoms with Crippen LogP contribution in [0.4, 0.5) is 0 Å². The van der Waals surface area contributed by atoms with Crippen LogP contribution in [0.15, 0.2) is 30.3 Å². The van der Waals surface area contributed by atoms with Crippen molar-refractivity contribution in [2.45, 2.75) is 18.6 Å². The first kappa shape index (κ1) is 12.4. The highest BCUT2D eigenvalue weighted by Gasteiger charge is 2.70. The van der Waals surface area contributed by atoms with Gasteiger partial charge in [0, 0.05) is 5.56 Å². The Balaban J connectivity index is 2.26. The summed E-state index contributed by atoms with van der Waals surface area (Å²) in [5.41, 5.74) is -1.35. The molecule has 18 heavy (non-hydrogen) atoms. The van der Waals surface area contributed by atoms with Crippen LogP contribution in [0.25, 0.3) is 0 Å². The van der Waals surface area contributed by atoms with Crippen molar-refractivity contribution in [3.8, 4) is 0 Å². The topological polar surface area (TPSA) is 73.0 Å². The minimum absolute atomic E-state index is 0.392. The first-order valence-corrected chi connectivity index (χ1v) is 5.40. The highest BCUT2D eigenvalue weighted by atomic mass is 16.7. The largest absolute Gasteiger partial charge is 0.466 e. The molecule has 0 bridgehead atoms. The molecule has 5 nitrogen and oxygen atoms in total. The fraction of sp³-hybridized carbons (Fsp3) is 0.308. The van der Waals surface area contributed by atoms with Gasteiger partial charge in [-0.2, -0.15) is 0 Å². The number of ketones is 2. The van der Waals surface area contributed by atoms with Crippen molar-refractivity contribution in [1.29, 1.82) is 0 Å². The Morgan fingerprint density at radius 2 is 1.83 bits per heavy atom. The minimum Gasteiger partial charge on any atom is -0.466 e. The number of rotatable bonds is 4. The number of ether oxygens (including phenoxy) is 2. The molecule has 1 aliphatic heterocycles. The molecule has 5 heteroatoms. The summed E-state index contributed by atoms with van der Waals surface area (Å²) in [4.78, 5) is 35.1. The maximum atomic E-state index is 12.1. The van der Waals surface area contributed by atoms with Crippen LogP contribution in [0.3, 0.4) is 0 Å². The van der Waals surface area contributed by atoms with E-state index in [0.717, 1.165) is 7.11 Å². The van der Waals surface area contributed by atoms with Gasteiger partial charge in [0.2, 0.25) is 0 Å². The van der Waals surface area contributed by atoms with Crippen LogP contribution in [-0.2, 0) is 19.1 Å². The third-order valence-electron chi connectivity index (χ3n) is 2.92. The predicted molar refractivity (Wildman–Crippen MR) is 61.1 cm³/mol. The molecule has 2 unspecified atom stereocenters. The Morgan fingerprint density at radius 1 is 1.22 bits per heavy atom. The standard InChI is InChI=1S/C13H12O5/c1-8(14)13(12(16)17-2)11(18-13)10(15)9-6-4-3-5-7-9/h3-7,11H,1-2H3. The van der Waals surface area contributed by atoms with Gasteiger partial charge in [-0.15, -0.1) is 0 Å². The van der Waals surface area contributed by atoms with Crippen LogP contribution in [0.5, 0.6) is 0 Å². The van der Waals surface area contributed by atoms with Gasteiger partial charge in [-0.1, -0.05) is 30.3 Å². The molecular weight excluding hydrogens is 236 g/mol. The molecule has 0 aliphatic carbocycles. The summed E-state index contributed by atoms with van der Waals surface area (Å²) in [6.07, 6.45) is -1.08. The third-order valence-corrected chi connectivity index (χ3v) is 2.92. The van der Waals surface area contributed by atoms with Crippen molar-refractivity contribution in [3.05, 3.63) is 35.9 Å². The Labute approximate surface area is 104 Å². The van der Waals surface area contributed by atoms with Crippen molar-refractivity contribution >= 4 is 17.5 Å². The number of esters is 1. The lowest BCUT2D eigenvalue weighted by Gasteiger charge is -2.05. The smallest absolute Gasteiger partial charge is 0.349 e. The zero-order valence-electron chi connectivity index (χ0n) is 10.0. The van der Waals surface area contributed by atoms with Gasteiger partial charge in [-0.25, -0.2) is 4.79 Å². The average Bonchev–Trinajstić information content (AvgIpc) is 3.14. The van der Waals surface area contributed by atoms with Gasteiger partial charge in [0.25, 0.3) is 5.60 Å². The molecule has 0 N–H and O–H groups in total. The summed E-state index contributed by atoms with van der Waals surface area (Å²) in [5.74, 6) is -1.75. The fourth-order valence-corrected chi connectivity index (χ4v) is 1.86. The molecule has 1 fully saturated rings. The second-order valence-electron chi connectivity index (χ2n) is 4.01. The molecule has 2 atom stereocenters. The zero-order valence-corrected chi connectivity index (χ0v) is 10.0. The van der Waals surface area contributed by atoms with Crippen molar-refractivity contribution in [2.24, 2.45) is 0 Å². The molecule has 1 aliphatic rings. The van der Waals surface area contributed by atoms with Crippen LogP contribution in [0, 0.1) is 0 Å². The highest BCUT2D eigenvalue weighted by molar-refractivity contribution is 6.18. The van der Waals surface area contributed by atoms with Gasteiger partial charge in [-0.05, 0) is 6.92 Å². The fourth-order valence-electron chi connectivity index (χ4n) is 1.86. The Morgan fingerprint density at radius 3 is 2.33 bits per heavy atom. The highest BCUT2D eigenvalue weighted by Crippen LogP contribution is 2.40. The van der Waals surface area contributed by atoms with Crippen molar-refractivity contribution in [3.63, 3.8) is 0 Å². The molecule has 0 radical (unpaired) electrons. The molecule has 1 aromatic carbocycles. The van der Waals surface area contributed by atoms with Crippen molar-refractivity contribution in [1.82, 2.24) is 0 Å². The van der Waals surface area contributed by atoms with Gasteiger partial charge >= 0.3 is 5.97 Å². The molecule has 1 aromatic rings. The number of carbonyl (C=O) groups is 3. The van der Waals surface area contributed by atoms with Gasteiger partial charge in [-0.3, -0.25) is 9.59 Å². The van der Waals surface area contributed by atoms with Gasteiger partial charge in [0.1, 0.15) is 0 Å². The normalized spacial score (nSPS) is 25.3. The number of epoxide rings is 1. The second-order valence-corrected chi connectivity index (χ2v) is 4.01. The lowest BCUT2D eigenvalue weighted by molar-refractivity contribution is -0.150. The summed E-state index contributed by atoms with van der Waals surface area (Å²) in [7, 11) is 1.15. The Kier molecular flexibility index (Phi) is 3.00. The average molecular weight is 248 g/mol. The minimum atomic E-state index is -1.75. The van der Waals surface area contributed by atoms with E-state index in [1.165, 1.54) is 6.92 Å². The monoisotopic (exact) mass is 248 g/mol. The van der Waals surface area contributed by atoms with E-state index in [1.807, 2.05) is 0 Å². The molecular formula is C13H12O5. The Hall–Kier alpha value is -2.01. The van der Waals surface area contributed by atoms with Crippen LogP contribution in [0.1, 0.15) is 17.3 Å². The maximum absolute atomic E-state index is 12.1. The Bertz CT molecular complexity index is 507. The number of methoxy groups -OCH3 is 1. The number of hydrogen-bond donors (Lipinski definition) is 0. The van der Waals surface area contributed by atoms with Crippen LogP contribution in [0.2, 0.25) is 0 Å². The summed E-state index contributed by atoms with van der Waals surface area (Å²) in [6.45, 7) is 1.20. The molecule has 2 rings (SSSR count). The summed E-state index contributed by atoms with van der Waals surface area (Å²) >= 11 is 0. The predicted octanol–water partition coefficient (Wildman–Crippen LogP) is 0.769. The SMILES string of the molecule is COC(=O)C1(C(C)=O)OC1C(=O)c1ccccc1. The van der Waals surface area contributed by atoms with E-state index in [-0.39, 0.29) is 0 Å². The van der Waals surface area contributed by atoms with E-state index >= 15 is 0 Å². The van der Waals surface area contributed by atoms with Crippen molar-refractivity contribution in [2.75, 3.05) is 7.11 Å². The van der Waals surface area contributed by atoms with E-state index < -0.39 is 29.2 Å². The number of carbonyl (C=O) groups excluding carboxylic acids is 3. The summed E-state index contributed by atoms with van der Waals surface area (Å²) in [5, 5.41) is 0. The van der Waals surface area contributed by atoms with Crippen LogP contribution in [-0.4, -0.2) is 36.4 Å². The van der Waals surface area contributed by atoms with E-state index in [2.05, 4.69) is 4.74 Å². The van der Waals surface area contributed by atoms with Crippen LogP contribution >= 0.6 is 0 Å². The van der Waals surface area contributed by atoms with E-state index in [4.69, 9.17) is 4.74 Å². The first-order chi connectivity index (χ1) is 8.54. The third kappa shape index (κ3) is 1.73. The van der Waals surface area contributed by atoms with Gasteiger partial charge in [0.15, 0.2) is 17.7 Å². The van der Waals surface area contributed by atoms with Crippen LogP contribution < -0.4 is 0 Å². The van der Waals surface area contributed by atoms with Gasteiger partial charge < -0.3 is 9.47 Å². The number of hydrogen-bond acceptors (Lipinski definition) is 5. The quantitative estimate of drug-likeness (QED) is 0.340. The zero-order chi connectivity index (χ0) is 13.3. The lowest BCUT2D eigenvalue weighted by Crippen LogP contribution is -2.38. The summed E-state index contributed by atoms with van der Waals surface area (Å²) in [6, 6.07) is 8.37. The van der Waals surface area contributed by atoms with E-state index in [0.29, 0.717) is 5.56 Å². The molecule has 0 saturated carbocycles. The summed E-state index contributed by atoms with van der Waals surface area (Å²) < 4.78 is 9.58. The molecule has 0 amide bonds. The second kappa shape index (κ2) is 4.34. The maximum Gasteiger partial charge on any atom is 0.349 e. The van der Waals surface area contributed by atoms with Gasteiger partial charge in [0.05, 0.1) is 7.11 Å². The molecule has 0 spiro atoms. The first-order valence-electron chi connectivity index (χ1n) is 5.40. The van der Waals surface area contributed by atoms with Crippen molar-refractivity contribution < 1.29 is 23.9 Å². The lowest BCUT2D eigenvalue weighted by atomic mass is 9.95. The number of Topliss-reactive ketones (excluding diaryl/α,β-unsaturated/α-hetero) is 2. The molecule has 0 aromatic heterocycles.